The molecule has 0 spiro atoms. The summed E-state index contributed by atoms with van der Waals surface area (Å²) >= 11 is 0.903. The third-order valence-corrected chi connectivity index (χ3v) is 4.11. The number of hydrogen-bond acceptors (Lipinski definition) is 4. The number of halogens is 5. The first-order valence-electron chi connectivity index (χ1n) is 6.48. The van der Waals surface area contributed by atoms with Gasteiger partial charge in [-0.3, -0.25) is 0 Å². The maximum Gasteiger partial charge on any atom is 0.435 e. The molecule has 0 unspecified atom stereocenters. The average Bonchev–Trinajstić information content (AvgIpc) is 2.94. The van der Waals surface area contributed by atoms with Crippen molar-refractivity contribution in [3.63, 3.8) is 0 Å². The number of hydrogen-bond donors (Lipinski definition) is 1. The zero-order valence-electron chi connectivity index (χ0n) is 11.7. The van der Waals surface area contributed by atoms with Crippen molar-refractivity contribution in [2.75, 3.05) is 0 Å². The molecule has 1 aromatic carbocycles. The van der Waals surface area contributed by atoms with Crippen molar-refractivity contribution in [1.82, 2.24) is 14.6 Å². The fourth-order valence-electron chi connectivity index (χ4n) is 1.97. The normalized spacial score (nSPS) is 12.0. The van der Waals surface area contributed by atoms with Gasteiger partial charge >= 0.3 is 6.18 Å². The molecule has 0 aliphatic heterocycles. The minimum absolute atomic E-state index is 0.0248. The van der Waals surface area contributed by atoms with E-state index >= 15 is 0 Å². The van der Waals surface area contributed by atoms with Crippen LogP contribution in [0, 0.1) is 11.6 Å². The summed E-state index contributed by atoms with van der Waals surface area (Å²) in [5.41, 5.74) is -1.19. The van der Waals surface area contributed by atoms with E-state index in [-0.39, 0.29) is 22.0 Å². The minimum Gasteiger partial charge on any atom is -0.493 e. The number of rotatable bonds is 3. The van der Waals surface area contributed by atoms with E-state index < -0.39 is 29.4 Å². The molecule has 0 saturated heterocycles. The van der Waals surface area contributed by atoms with Gasteiger partial charge in [0, 0.05) is 22.8 Å². The summed E-state index contributed by atoms with van der Waals surface area (Å²) in [6.07, 6.45) is -4.67. The summed E-state index contributed by atoms with van der Waals surface area (Å²) in [7, 11) is 0. The molecule has 0 radical (unpaired) electrons. The molecule has 0 saturated carbocycles. The van der Waals surface area contributed by atoms with Crippen molar-refractivity contribution < 1.29 is 27.1 Å². The van der Waals surface area contributed by atoms with Crippen LogP contribution < -0.4 is 0 Å². The Morgan fingerprint density at radius 2 is 1.92 bits per heavy atom. The highest BCUT2D eigenvalue weighted by atomic mass is 32.2. The van der Waals surface area contributed by atoms with Gasteiger partial charge in [-0.25, -0.2) is 13.8 Å². The standard InChI is InChI=1S/C14H8F5N3OS/c15-8-2-1-3-9(13(8)16)24-6-7-4-12(23)22-11(20-7)5-10(21-22)14(17,18)19/h1-5,23H,6H2. The predicted molar refractivity (Wildman–Crippen MR) is 75.6 cm³/mol. The lowest BCUT2D eigenvalue weighted by molar-refractivity contribution is -0.141. The molecule has 3 aromatic rings. The quantitative estimate of drug-likeness (QED) is 0.565. The molecule has 2 aromatic heterocycles. The highest BCUT2D eigenvalue weighted by Crippen LogP contribution is 2.31. The number of aromatic nitrogens is 3. The highest BCUT2D eigenvalue weighted by Gasteiger charge is 2.34. The SMILES string of the molecule is Oc1cc(CSc2cccc(F)c2F)nc2cc(C(F)(F)F)nn12. The number of aromatic hydroxyl groups is 1. The van der Waals surface area contributed by atoms with E-state index in [1.165, 1.54) is 12.1 Å². The third kappa shape index (κ3) is 3.14. The largest absolute Gasteiger partial charge is 0.493 e. The van der Waals surface area contributed by atoms with E-state index in [0.717, 1.165) is 23.9 Å². The van der Waals surface area contributed by atoms with Crippen LogP contribution in [0.1, 0.15) is 11.4 Å². The summed E-state index contributed by atoms with van der Waals surface area (Å²) in [5, 5.41) is 13.0. The summed E-state index contributed by atoms with van der Waals surface area (Å²) in [5.74, 6) is -2.53. The molecule has 0 bridgehead atoms. The predicted octanol–water partition coefficient (Wildman–Crippen LogP) is 4.02. The maximum atomic E-state index is 13.6. The van der Waals surface area contributed by atoms with Crippen molar-refractivity contribution >= 4 is 17.4 Å². The van der Waals surface area contributed by atoms with E-state index in [1.54, 1.807) is 0 Å². The van der Waals surface area contributed by atoms with Crippen LogP contribution in [0.15, 0.2) is 35.2 Å². The Labute approximate surface area is 135 Å². The van der Waals surface area contributed by atoms with Gasteiger partial charge < -0.3 is 5.11 Å². The Morgan fingerprint density at radius 1 is 1.17 bits per heavy atom. The van der Waals surface area contributed by atoms with E-state index in [9.17, 15) is 27.1 Å². The van der Waals surface area contributed by atoms with Crippen molar-refractivity contribution in [3.8, 4) is 5.88 Å². The Bertz CT molecular complexity index is 909. The van der Waals surface area contributed by atoms with Crippen molar-refractivity contribution in [2.45, 2.75) is 16.8 Å². The maximum absolute atomic E-state index is 13.6. The third-order valence-electron chi connectivity index (χ3n) is 3.04. The van der Waals surface area contributed by atoms with E-state index in [0.29, 0.717) is 10.6 Å². The first-order chi connectivity index (χ1) is 11.3. The Balaban J connectivity index is 1.89. The molecule has 1 N–H and O–H groups in total. The highest BCUT2D eigenvalue weighted by molar-refractivity contribution is 7.98. The molecule has 4 nitrogen and oxygen atoms in total. The molecule has 3 rings (SSSR count). The van der Waals surface area contributed by atoms with Crippen molar-refractivity contribution in [1.29, 1.82) is 0 Å². The zero-order valence-corrected chi connectivity index (χ0v) is 12.5. The van der Waals surface area contributed by atoms with Crippen molar-refractivity contribution in [2.24, 2.45) is 0 Å². The molecule has 0 amide bonds. The number of benzene rings is 1. The van der Waals surface area contributed by atoms with Gasteiger partial charge in [0.1, 0.15) is 0 Å². The molecule has 0 fully saturated rings. The molecular formula is C14H8F5N3OS. The van der Waals surface area contributed by atoms with Crippen LogP contribution in [0.2, 0.25) is 0 Å². The summed E-state index contributed by atoms with van der Waals surface area (Å²) in [6.45, 7) is 0. The lowest BCUT2D eigenvalue weighted by atomic mass is 10.3. The van der Waals surface area contributed by atoms with Gasteiger partial charge in [0.05, 0.1) is 5.69 Å². The van der Waals surface area contributed by atoms with E-state index in [2.05, 4.69) is 10.1 Å². The van der Waals surface area contributed by atoms with E-state index in [4.69, 9.17) is 0 Å². The second-order valence-corrected chi connectivity index (χ2v) is 5.76. The number of thioether (sulfide) groups is 1. The topological polar surface area (TPSA) is 50.4 Å². The van der Waals surface area contributed by atoms with Gasteiger partial charge in [-0.05, 0) is 12.1 Å². The van der Waals surface area contributed by atoms with Gasteiger partial charge in [0.25, 0.3) is 0 Å². The summed E-state index contributed by atoms with van der Waals surface area (Å²) in [4.78, 5) is 3.97. The van der Waals surface area contributed by atoms with Gasteiger partial charge in [0.15, 0.2) is 23.0 Å². The minimum atomic E-state index is -4.67. The molecule has 2 heterocycles. The van der Waals surface area contributed by atoms with Crippen LogP contribution in [0.5, 0.6) is 5.88 Å². The lowest BCUT2D eigenvalue weighted by Crippen LogP contribution is -2.05. The Kier molecular flexibility index (Phi) is 4.08. The zero-order chi connectivity index (χ0) is 17.5. The Morgan fingerprint density at radius 3 is 2.62 bits per heavy atom. The molecular weight excluding hydrogens is 353 g/mol. The molecule has 10 heteroatoms. The second-order valence-electron chi connectivity index (χ2n) is 4.74. The van der Waals surface area contributed by atoms with Crippen LogP contribution in [0.4, 0.5) is 22.0 Å². The van der Waals surface area contributed by atoms with Gasteiger partial charge in [-0.1, -0.05) is 6.07 Å². The fourth-order valence-corrected chi connectivity index (χ4v) is 2.82. The van der Waals surface area contributed by atoms with Gasteiger partial charge in [0.2, 0.25) is 5.88 Å². The van der Waals surface area contributed by atoms with Crippen LogP contribution >= 0.6 is 11.8 Å². The fraction of sp³-hybridized carbons (Fsp3) is 0.143. The van der Waals surface area contributed by atoms with Crippen LogP contribution in [-0.4, -0.2) is 19.7 Å². The summed E-state index contributed by atoms with van der Waals surface area (Å²) < 4.78 is 65.3. The van der Waals surface area contributed by atoms with Crippen molar-refractivity contribution in [3.05, 3.63) is 53.4 Å². The number of fused-ring (bicyclic) bond motifs is 1. The van der Waals surface area contributed by atoms with Gasteiger partial charge in [-0.2, -0.15) is 22.8 Å². The average molecular weight is 361 g/mol. The molecule has 0 aliphatic carbocycles. The monoisotopic (exact) mass is 361 g/mol. The molecule has 24 heavy (non-hydrogen) atoms. The lowest BCUT2D eigenvalue weighted by Gasteiger charge is -2.05. The van der Waals surface area contributed by atoms with Crippen LogP contribution in [0.25, 0.3) is 5.65 Å². The first kappa shape index (κ1) is 16.5. The van der Waals surface area contributed by atoms with E-state index in [1.807, 2.05) is 0 Å². The van der Waals surface area contributed by atoms with Gasteiger partial charge in [-0.15, -0.1) is 11.8 Å². The number of alkyl halides is 3. The van der Waals surface area contributed by atoms with Crippen LogP contribution in [0.3, 0.4) is 0 Å². The molecule has 0 atom stereocenters. The molecule has 0 aliphatic rings. The van der Waals surface area contributed by atoms with Crippen LogP contribution in [-0.2, 0) is 11.9 Å². The smallest absolute Gasteiger partial charge is 0.435 e. The molecule has 126 valence electrons. The Hall–Kier alpha value is -2.36. The number of nitrogens with zero attached hydrogens (tertiary/aromatic N) is 3. The summed E-state index contributed by atoms with van der Waals surface area (Å²) in [6, 6.07) is 5.48. The first-order valence-corrected chi connectivity index (χ1v) is 7.47. The second kappa shape index (κ2) is 5.93.